The molecule has 0 N–H and O–H groups in total. The van der Waals surface area contributed by atoms with Crippen LogP contribution in [0, 0.1) is 12.7 Å². The third-order valence-corrected chi connectivity index (χ3v) is 6.16. The third kappa shape index (κ3) is 4.62. The minimum absolute atomic E-state index is 0.249. The summed E-state index contributed by atoms with van der Waals surface area (Å²) >= 11 is 0. The quantitative estimate of drug-likeness (QED) is 0.310. The molecule has 0 unspecified atom stereocenters. The zero-order valence-electron chi connectivity index (χ0n) is 20.0. The van der Waals surface area contributed by atoms with Crippen LogP contribution in [0.3, 0.4) is 0 Å². The summed E-state index contributed by atoms with van der Waals surface area (Å²) in [5.41, 5.74) is 4.66. The molecule has 0 aliphatic heterocycles. The van der Waals surface area contributed by atoms with Crippen molar-refractivity contribution < 1.29 is 18.7 Å². The van der Waals surface area contributed by atoms with E-state index in [1.54, 1.807) is 24.1 Å². The molecule has 176 valence electrons. The Hall–Kier alpha value is -3.80. The van der Waals surface area contributed by atoms with Gasteiger partial charge in [0.2, 0.25) is 0 Å². The van der Waals surface area contributed by atoms with E-state index in [2.05, 4.69) is 4.57 Å². The van der Waals surface area contributed by atoms with Crippen molar-refractivity contribution in [2.45, 2.75) is 27.3 Å². The van der Waals surface area contributed by atoms with E-state index >= 15 is 0 Å². The fraction of sp³-hybridized carbons (Fsp3) is 0.250. The molecule has 1 amide bonds. The van der Waals surface area contributed by atoms with Crippen LogP contribution in [0.15, 0.2) is 66.9 Å². The molecule has 0 fully saturated rings. The van der Waals surface area contributed by atoms with E-state index in [1.807, 2.05) is 69.4 Å². The Morgan fingerprint density at radius 1 is 1.00 bits per heavy atom. The van der Waals surface area contributed by atoms with E-state index in [1.165, 1.54) is 6.07 Å². The molecule has 0 saturated carbocycles. The molecule has 0 saturated heterocycles. The van der Waals surface area contributed by atoms with Gasteiger partial charge in [0.05, 0.1) is 7.11 Å². The smallest absolute Gasteiger partial charge is 0.415 e. The molecule has 0 aliphatic rings. The molecule has 0 radical (unpaired) electrons. The summed E-state index contributed by atoms with van der Waals surface area (Å²) in [7, 11) is 1.63. The molecular weight excluding hydrogens is 431 g/mol. The van der Waals surface area contributed by atoms with E-state index in [-0.39, 0.29) is 11.9 Å². The van der Waals surface area contributed by atoms with Gasteiger partial charge in [-0.25, -0.2) is 9.18 Å². The number of halogens is 1. The number of amides is 1. The summed E-state index contributed by atoms with van der Waals surface area (Å²) in [5.74, 6) is 0.993. The number of benzene rings is 3. The van der Waals surface area contributed by atoms with E-state index in [4.69, 9.17) is 9.47 Å². The highest BCUT2D eigenvalue weighted by Gasteiger charge is 2.19. The zero-order valence-corrected chi connectivity index (χ0v) is 20.0. The number of nitrogens with zero attached hydrogens (tertiary/aromatic N) is 2. The monoisotopic (exact) mass is 460 g/mol. The van der Waals surface area contributed by atoms with Gasteiger partial charge in [-0.1, -0.05) is 18.2 Å². The van der Waals surface area contributed by atoms with Gasteiger partial charge in [0.25, 0.3) is 0 Å². The van der Waals surface area contributed by atoms with Crippen molar-refractivity contribution >= 4 is 17.0 Å². The van der Waals surface area contributed by atoms with Crippen LogP contribution in [-0.2, 0) is 6.54 Å². The second kappa shape index (κ2) is 10.00. The second-order valence-corrected chi connectivity index (χ2v) is 8.15. The van der Waals surface area contributed by atoms with E-state index in [9.17, 15) is 9.18 Å². The van der Waals surface area contributed by atoms with Gasteiger partial charge >= 0.3 is 6.09 Å². The van der Waals surface area contributed by atoms with Crippen LogP contribution < -0.4 is 9.47 Å². The van der Waals surface area contributed by atoms with Crippen LogP contribution in [0.5, 0.6) is 11.5 Å². The van der Waals surface area contributed by atoms with Gasteiger partial charge in [0.15, 0.2) is 0 Å². The van der Waals surface area contributed by atoms with Crippen molar-refractivity contribution in [2.75, 3.05) is 20.2 Å². The van der Waals surface area contributed by atoms with Gasteiger partial charge in [-0.05, 0) is 79.9 Å². The fourth-order valence-electron chi connectivity index (χ4n) is 4.17. The number of aryl methyl sites for hydroxylation is 1. The second-order valence-electron chi connectivity index (χ2n) is 8.15. The topological polar surface area (TPSA) is 43.7 Å². The van der Waals surface area contributed by atoms with E-state index in [0.717, 1.165) is 38.9 Å². The maximum Gasteiger partial charge on any atom is 0.415 e. The molecule has 5 nitrogen and oxygen atoms in total. The first-order valence-electron chi connectivity index (χ1n) is 11.4. The Bertz CT molecular complexity index is 1310. The first-order valence-corrected chi connectivity index (χ1v) is 11.4. The van der Waals surface area contributed by atoms with E-state index < -0.39 is 0 Å². The van der Waals surface area contributed by atoms with Crippen molar-refractivity contribution in [3.05, 3.63) is 83.8 Å². The summed E-state index contributed by atoms with van der Waals surface area (Å²) in [6, 6.07) is 18.3. The van der Waals surface area contributed by atoms with Crippen LogP contribution in [0.2, 0.25) is 0 Å². The fourth-order valence-corrected chi connectivity index (χ4v) is 4.17. The molecule has 3 aromatic carbocycles. The summed E-state index contributed by atoms with van der Waals surface area (Å²) in [4.78, 5) is 14.4. The molecule has 1 aromatic heterocycles. The summed E-state index contributed by atoms with van der Waals surface area (Å²) in [6.45, 7) is 7.50. The average Bonchev–Trinajstić information content (AvgIpc) is 3.25. The van der Waals surface area contributed by atoms with Crippen LogP contribution in [0.1, 0.15) is 25.0 Å². The third-order valence-electron chi connectivity index (χ3n) is 6.16. The minimum atomic E-state index is -0.381. The number of hydrogen-bond acceptors (Lipinski definition) is 3. The SMILES string of the molecule is CCN(CC)C(=O)Oc1ccc2c(ccn2Cc2cc(F)ccc2C)c1-c1ccc(OC)cc1. The highest BCUT2D eigenvalue weighted by atomic mass is 19.1. The average molecular weight is 461 g/mol. The lowest BCUT2D eigenvalue weighted by molar-refractivity contribution is 0.157. The number of aromatic nitrogens is 1. The number of methoxy groups -OCH3 is 1. The zero-order chi connectivity index (χ0) is 24.2. The van der Waals surface area contributed by atoms with Crippen LogP contribution >= 0.6 is 0 Å². The van der Waals surface area contributed by atoms with E-state index in [0.29, 0.717) is 25.4 Å². The first kappa shape index (κ1) is 23.4. The molecule has 0 spiro atoms. The lowest BCUT2D eigenvalue weighted by Gasteiger charge is -2.20. The number of hydrogen-bond donors (Lipinski definition) is 0. The Balaban J connectivity index is 1.82. The van der Waals surface area contributed by atoms with Crippen molar-refractivity contribution in [1.29, 1.82) is 0 Å². The lowest BCUT2D eigenvalue weighted by Crippen LogP contribution is -2.33. The molecule has 0 atom stereocenters. The Morgan fingerprint density at radius 2 is 1.74 bits per heavy atom. The van der Waals surface area contributed by atoms with Crippen molar-refractivity contribution in [3.63, 3.8) is 0 Å². The molecule has 1 heterocycles. The molecule has 6 heteroatoms. The predicted molar refractivity (Wildman–Crippen MR) is 133 cm³/mol. The van der Waals surface area contributed by atoms with Gasteiger partial charge < -0.3 is 18.9 Å². The predicted octanol–water partition coefficient (Wildman–Crippen LogP) is 6.65. The van der Waals surface area contributed by atoms with Gasteiger partial charge in [-0.3, -0.25) is 0 Å². The van der Waals surface area contributed by atoms with Crippen LogP contribution in [0.25, 0.3) is 22.0 Å². The standard InChI is InChI=1S/C28H29FN2O3/c1-5-30(6-2)28(32)34-26-14-13-25-24(27(26)20-8-11-23(33-4)12-9-20)15-16-31(25)18-21-17-22(29)10-7-19(21)3/h7-17H,5-6,18H2,1-4H3. The van der Waals surface area contributed by atoms with Crippen molar-refractivity contribution in [2.24, 2.45) is 0 Å². The molecular formula is C28H29FN2O3. The Labute approximate surface area is 199 Å². The maximum absolute atomic E-state index is 13.9. The highest BCUT2D eigenvalue weighted by Crippen LogP contribution is 2.39. The van der Waals surface area contributed by atoms with Gasteiger partial charge in [0.1, 0.15) is 17.3 Å². The van der Waals surface area contributed by atoms with Crippen molar-refractivity contribution in [3.8, 4) is 22.6 Å². The Morgan fingerprint density at radius 3 is 2.41 bits per heavy atom. The lowest BCUT2D eigenvalue weighted by atomic mass is 10.00. The summed E-state index contributed by atoms with van der Waals surface area (Å²) in [6.07, 6.45) is 1.60. The largest absolute Gasteiger partial charge is 0.497 e. The summed E-state index contributed by atoms with van der Waals surface area (Å²) in [5, 5.41) is 0.948. The first-order chi connectivity index (χ1) is 16.4. The number of rotatable bonds is 7. The van der Waals surface area contributed by atoms with Crippen molar-refractivity contribution in [1.82, 2.24) is 9.47 Å². The van der Waals surface area contributed by atoms with Gasteiger partial charge in [-0.15, -0.1) is 0 Å². The molecule has 0 bridgehead atoms. The molecule has 4 rings (SSSR count). The number of carbonyl (C=O) groups is 1. The van der Waals surface area contributed by atoms with Crippen LogP contribution in [-0.4, -0.2) is 35.8 Å². The normalized spacial score (nSPS) is 11.0. The van der Waals surface area contributed by atoms with Crippen LogP contribution in [0.4, 0.5) is 9.18 Å². The maximum atomic E-state index is 13.9. The van der Waals surface area contributed by atoms with Gasteiger partial charge in [-0.2, -0.15) is 0 Å². The number of fused-ring (bicyclic) bond motifs is 1. The molecule has 34 heavy (non-hydrogen) atoms. The Kier molecular flexibility index (Phi) is 6.87. The molecule has 4 aromatic rings. The summed E-state index contributed by atoms with van der Waals surface area (Å²) < 4.78 is 27.1. The van der Waals surface area contributed by atoms with Gasteiger partial charge in [0, 0.05) is 42.3 Å². The minimum Gasteiger partial charge on any atom is -0.497 e. The highest BCUT2D eigenvalue weighted by molar-refractivity contribution is 5.99. The number of carbonyl (C=O) groups excluding carboxylic acids is 1. The molecule has 0 aliphatic carbocycles. The number of ether oxygens (including phenoxy) is 2.